The molecule has 0 spiro atoms. The number of hydrogen-bond acceptors (Lipinski definition) is 3. The maximum Gasteiger partial charge on any atom is 0.285 e. The molecule has 0 radical (unpaired) electrons. The topological polar surface area (TPSA) is 40.6 Å². The lowest BCUT2D eigenvalue weighted by Crippen LogP contribution is -2.48. The molecule has 0 bridgehead atoms. The monoisotopic (exact) mass is 492 g/mol. The molecule has 0 aromatic heterocycles. The van der Waals surface area contributed by atoms with Crippen molar-refractivity contribution >= 4 is 61.9 Å². The maximum atomic E-state index is 13.1. The number of halogens is 3. The molecular weight excluding hydrogens is 475 g/mol. The van der Waals surface area contributed by atoms with Crippen LogP contribution in [0.1, 0.15) is 41.0 Å². The van der Waals surface area contributed by atoms with Crippen molar-refractivity contribution in [2.75, 3.05) is 0 Å². The average Bonchev–Trinajstić information content (AvgIpc) is 2.71. The van der Waals surface area contributed by atoms with Crippen LogP contribution in [0, 0.1) is 0 Å². The van der Waals surface area contributed by atoms with Gasteiger partial charge >= 0.3 is 0 Å². The number of benzene rings is 3. The molecule has 0 fully saturated rings. The van der Waals surface area contributed by atoms with Crippen molar-refractivity contribution in [3.63, 3.8) is 0 Å². The molecule has 0 heterocycles. The second-order valence-corrected chi connectivity index (χ2v) is 8.74. The smallest absolute Gasteiger partial charge is 0.285 e. The molecule has 29 heavy (non-hydrogen) atoms. The second kappa shape index (κ2) is 8.84. The van der Waals surface area contributed by atoms with Crippen LogP contribution < -0.4 is 0 Å². The van der Waals surface area contributed by atoms with E-state index in [2.05, 4.69) is 15.9 Å². The summed E-state index contributed by atoms with van der Waals surface area (Å²) in [6, 6.07) is 20.2. The Labute approximate surface area is 188 Å². The zero-order chi connectivity index (χ0) is 21.2. The van der Waals surface area contributed by atoms with Gasteiger partial charge in [0.15, 0.2) is 5.78 Å². The van der Waals surface area contributed by atoms with E-state index in [0.29, 0.717) is 15.6 Å². The molecule has 0 saturated carbocycles. The van der Waals surface area contributed by atoms with E-state index < -0.39 is 11.4 Å². The molecule has 0 atom stereocenters. The number of Topliss-reactive ketones (excluding diaryl/α,β-unsaturated/α-hetero) is 1. The molecule has 4 nitrogen and oxygen atoms in total. The van der Waals surface area contributed by atoms with E-state index in [1.54, 1.807) is 44.2 Å². The Bertz CT molecular complexity index is 1070. The van der Waals surface area contributed by atoms with Gasteiger partial charge in [-0.25, -0.2) is 0 Å². The largest absolute Gasteiger partial charge is 0.294 e. The van der Waals surface area contributed by atoms with Gasteiger partial charge in [-0.1, -0.05) is 54.6 Å². The summed E-state index contributed by atoms with van der Waals surface area (Å²) in [6.45, 7) is 3.51. The lowest BCUT2D eigenvalue weighted by Gasteiger charge is -2.36. The molecule has 3 rings (SSSR count). The fourth-order valence-corrected chi connectivity index (χ4v) is 3.95. The number of hydrazine groups is 1. The highest BCUT2D eigenvalue weighted by atomic mass is 79.9. The van der Waals surface area contributed by atoms with Crippen LogP contribution in [0.4, 0.5) is 0 Å². The van der Waals surface area contributed by atoms with Crippen LogP contribution in [0.25, 0.3) is 10.8 Å². The molecule has 0 aliphatic heterocycles. The Balaban J connectivity index is 1.81. The van der Waals surface area contributed by atoms with Crippen LogP contribution in [-0.2, 0) is 0 Å². The first-order valence-corrected chi connectivity index (χ1v) is 10.4. The Kier molecular flexibility index (Phi) is 6.64. The van der Waals surface area contributed by atoms with Crippen molar-refractivity contribution in [1.82, 2.24) is 9.06 Å². The molecule has 0 saturated heterocycles. The standard InChI is InChI=1S/C22H19BrCl2N2O2/c1-22(2,27(25)26(24)21(29)18-11-5-6-13-19(18)23)14-20(28)17-12-7-9-15-8-3-4-10-16(15)17/h3-13H,14H2,1-2H3. The van der Waals surface area contributed by atoms with Gasteiger partial charge in [-0.15, -0.1) is 4.53 Å². The third kappa shape index (κ3) is 4.64. The minimum atomic E-state index is -0.922. The van der Waals surface area contributed by atoms with Gasteiger partial charge < -0.3 is 0 Å². The lowest BCUT2D eigenvalue weighted by molar-refractivity contribution is 0.0374. The normalized spacial score (nSPS) is 11.7. The third-order valence-electron chi connectivity index (χ3n) is 4.61. The highest BCUT2D eigenvalue weighted by molar-refractivity contribution is 9.10. The summed E-state index contributed by atoms with van der Waals surface area (Å²) >= 11 is 16.0. The Morgan fingerprint density at radius 2 is 1.48 bits per heavy atom. The first kappa shape index (κ1) is 21.8. The van der Waals surface area contributed by atoms with E-state index in [-0.39, 0.29) is 12.2 Å². The van der Waals surface area contributed by atoms with Gasteiger partial charge in [0.25, 0.3) is 5.91 Å². The summed E-state index contributed by atoms with van der Waals surface area (Å²) in [4.78, 5) is 25.8. The third-order valence-corrected chi connectivity index (χ3v) is 6.29. The van der Waals surface area contributed by atoms with Gasteiger partial charge in [-0.3, -0.25) is 9.59 Å². The number of nitrogens with zero attached hydrogens (tertiary/aromatic N) is 2. The van der Waals surface area contributed by atoms with Crippen LogP contribution in [0.3, 0.4) is 0 Å². The fourth-order valence-electron chi connectivity index (χ4n) is 3.07. The maximum absolute atomic E-state index is 13.1. The second-order valence-electron chi connectivity index (χ2n) is 7.24. The summed E-state index contributed by atoms with van der Waals surface area (Å²) in [5.74, 6) is -0.587. The van der Waals surface area contributed by atoms with Gasteiger partial charge in [-0.05, 0) is 52.7 Å². The Hall–Kier alpha value is -1.92. The molecule has 0 unspecified atom stereocenters. The predicted molar refractivity (Wildman–Crippen MR) is 121 cm³/mol. The molecule has 7 heteroatoms. The van der Waals surface area contributed by atoms with E-state index >= 15 is 0 Å². The molecular formula is C22H19BrCl2N2O2. The summed E-state index contributed by atoms with van der Waals surface area (Å²) in [6.07, 6.45) is 0.0664. The molecule has 0 N–H and O–H groups in total. The molecule has 0 aliphatic rings. The lowest BCUT2D eigenvalue weighted by atomic mass is 9.92. The van der Waals surface area contributed by atoms with Crippen LogP contribution >= 0.6 is 39.5 Å². The van der Waals surface area contributed by atoms with Crippen molar-refractivity contribution in [3.8, 4) is 0 Å². The van der Waals surface area contributed by atoms with Gasteiger partial charge in [0.05, 0.1) is 11.1 Å². The number of amides is 1. The highest BCUT2D eigenvalue weighted by Crippen LogP contribution is 2.30. The summed E-state index contributed by atoms with van der Waals surface area (Å²) in [5.41, 5.74) is 0.0534. The molecule has 1 amide bonds. The van der Waals surface area contributed by atoms with E-state index in [1.165, 1.54) is 0 Å². The van der Waals surface area contributed by atoms with Crippen LogP contribution in [0.5, 0.6) is 0 Å². The van der Waals surface area contributed by atoms with Crippen molar-refractivity contribution in [2.45, 2.75) is 25.8 Å². The summed E-state index contributed by atoms with van der Waals surface area (Å²) < 4.78 is 2.47. The first-order chi connectivity index (χ1) is 13.7. The average molecular weight is 494 g/mol. The minimum absolute atomic E-state index is 0.0664. The SMILES string of the molecule is CC(C)(CC(=O)c1cccc2ccccc12)N(Cl)N(Cl)C(=O)c1ccccc1Br. The first-order valence-electron chi connectivity index (χ1n) is 8.94. The molecule has 150 valence electrons. The summed E-state index contributed by atoms with van der Waals surface area (Å²) in [7, 11) is 0. The minimum Gasteiger partial charge on any atom is -0.294 e. The van der Waals surface area contributed by atoms with E-state index in [4.69, 9.17) is 23.6 Å². The van der Waals surface area contributed by atoms with E-state index in [1.807, 2.05) is 36.4 Å². The van der Waals surface area contributed by atoms with E-state index in [9.17, 15) is 9.59 Å². The van der Waals surface area contributed by atoms with Crippen molar-refractivity contribution < 1.29 is 9.59 Å². The highest BCUT2D eigenvalue weighted by Gasteiger charge is 2.36. The van der Waals surface area contributed by atoms with E-state index in [0.717, 1.165) is 19.8 Å². The van der Waals surface area contributed by atoms with Crippen LogP contribution in [0.15, 0.2) is 71.2 Å². The number of carbonyl (C=O) groups is 2. The molecule has 3 aromatic rings. The Morgan fingerprint density at radius 1 is 0.897 bits per heavy atom. The van der Waals surface area contributed by atoms with Crippen molar-refractivity contribution in [1.29, 1.82) is 0 Å². The number of ketones is 1. The number of carbonyl (C=O) groups excluding carboxylic acids is 2. The quantitative estimate of drug-likeness (QED) is 0.220. The molecule has 0 aliphatic carbocycles. The zero-order valence-electron chi connectivity index (χ0n) is 15.9. The van der Waals surface area contributed by atoms with Gasteiger partial charge in [0, 0.05) is 40.0 Å². The van der Waals surface area contributed by atoms with Crippen molar-refractivity contribution in [2.24, 2.45) is 0 Å². The molecule has 3 aromatic carbocycles. The number of hydrogen-bond donors (Lipinski definition) is 0. The zero-order valence-corrected chi connectivity index (χ0v) is 19.0. The van der Waals surface area contributed by atoms with Gasteiger partial charge in [-0.2, -0.15) is 4.53 Å². The van der Waals surface area contributed by atoms with Crippen molar-refractivity contribution in [3.05, 3.63) is 82.3 Å². The van der Waals surface area contributed by atoms with Gasteiger partial charge in [0.2, 0.25) is 0 Å². The Morgan fingerprint density at radius 3 is 2.21 bits per heavy atom. The van der Waals surface area contributed by atoms with Gasteiger partial charge in [0.1, 0.15) is 0 Å². The summed E-state index contributed by atoms with van der Waals surface area (Å²) in [5, 5.41) is 1.87. The predicted octanol–water partition coefficient (Wildman–Crippen LogP) is 6.62. The fraction of sp³-hybridized carbons (Fsp3) is 0.182. The van der Waals surface area contributed by atoms with Crippen LogP contribution in [-0.4, -0.2) is 26.3 Å². The number of rotatable bonds is 6. The number of fused-ring (bicyclic) bond motifs is 1. The van der Waals surface area contributed by atoms with Crippen LogP contribution in [0.2, 0.25) is 0 Å².